The van der Waals surface area contributed by atoms with Gasteiger partial charge in [-0.05, 0) is 93.0 Å². The van der Waals surface area contributed by atoms with Gasteiger partial charge in [0.15, 0.2) is 0 Å². The van der Waals surface area contributed by atoms with Crippen molar-refractivity contribution in [2.75, 3.05) is 42.5 Å². The van der Waals surface area contributed by atoms with Crippen LogP contribution in [0.5, 0.6) is 0 Å². The number of benzene rings is 2. The van der Waals surface area contributed by atoms with Crippen molar-refractivity contribution in [3.05, 3.63) is 88.6 Å². The molecule has 6 heteroatoms. The lowest BCUT2D eigenvalue weighted by atomic mass is 9.86. The third-order valence-electron chi connectivity index (χ3n) is 8.26. The average Bonchev–Trinajstić information content (AvgIpc) is 2.95. The summed E-state index contributed by atoms with van der Waals surface area (Å²) >= 11 is 0. The second kappa shape index (κ2) is 11.3. The van der Waals surface area contributed by atoms with Crippen LogP contribution in [-0.2, 0) is 6.42 Å². The summed E-state index contributed by atoms with van der Waals surface area (Å²) in [6.07, 6.45) is 4.99. The van der Waals surface area contributed by atoms with Crippen LogP contribution in [0, 0.1) is 31.1 Å². The monoisotopic (exact) mass is 507 g/mol. The topological polar surface area (TPSA) is 63.5 Å². The third-order valence-corrected chi connectivity index (χ3v) is 8.26. The summed E-state index contributed by atoms with van der Waals surface area (Å²) < 4.78 is 0. The van der Waals surface area contributed by atoms with Crippen LogP contribution in [0.3, 0.4) is 0 Å². The number of nitrogens with zero attached hydrogens (tertiary/aromatic N) is 5. The molecule has 0 saturated carbocycles. The average molecular weight is 508 g/mol. The highest BCUT2D eigenvalue weighted by Gasteiger charge is 2.29. The zero-order valence-corrected chi connectivity index (χ0v) is 22.7. The van der Waals surface area contributed by atoms with E-state index in [0.717, 1.165) is 67.1 Å². The Balaban J connectivity index is 1.24. The molecule has 0 aliphatic carbocycles. The first-order valence-electron chi connectivity index (χ1n) is 13.8. The number of anilines is 2. The van der Waals surface area contributed by atoms with Gasteiger partial charge in [-0.1, -0.05) is 24.3 Å². The Labute approximate surface area is 226 Å². The van der Waals surface area contributed by atoms with E-state index in [2.05, 4.69) is 59.8 Å². The van der Waals surface area contributed by atoms with Crippen molar-refractivity contribution in [2.45, 2.75) is 46.1 Å². The van der Waals surface area contributed by atoms with Crippen molar-refractivity contribution in [1.29, 1.82) is 5.26 Å². The lowest BCUT2D eigenvalue weighted by Crippen LogP contribution is -2.54. The minimum atomic E-state index is 0.138. The van der Waals surface area contributed by atoms with Crippen LogP contribution in [0.15, 0.2) is 60.8 Å². The first-order chi connectivity index (χ1) is 18.4. The van der Waals surface area contributed by atoms with Crippen LogP contribution >= 0.6 is 0 Å². The van der Waals surface area contributed by atoms with E-state index >= 15 is 0 Å². The Bertz CT molecular complexity index is 1320. The zero-order valence-electron chi connectivity index (χ0n) is 22.7. The molecule has 0 N–H and O–H groups in total. The van der Waals surface area contributed by atoms with E-state index in [9.17, 15) is 10.1 Å². The van der Waals surface area contributed by atoms with E-state index in [1.807, 2.05) is 47.5 Å². The maximum Gasteiger partial charge on any atom is 0.254 e. The Hall–Kier alpha value is -3.85. The number of aromatic nitrogens is 1. The van der Waals surface area contributed by atoms with Crippen molar-refractivity contribution in [2.24, 2.45) is 5.92 Å². The van der Waals surface area contributed by atoms with Crippen LogP contribution in [0.2, 0.25) is 0 Å². The van der Waals surface area contributed by atoms with Crippen molar-refractivity contribution < 1.29 is 4.79 Å². The summed E-state index contributed by atoms with van der Waals surface area (Å²) in [7, 11) is 0. The maximum atomic E-state index is 13.7. The molecule has 0 spiro atoms. The van der Waals surface area contributed by atoms with Crippen molar-refractivity contribution in [3.8, 4) is 6.07 Å². The van der Waals surface area contributed by atoms with E-state index in [0.29, 0.717) is 19.0 Å². The molecule has 3 aromatic rings. The first-order valence-corrected chi connectivity index (χ1v) is 13.8. The van der Waals surface area contributed by atoms with E-state index < -0.39 is 0 Å². The molecule has 1 aromatic heterocycles. The van der Waals surface area contributed by atoms with E-state index in [-0.39, 0.29) is 11.9 Å². The number of hydrogen-bond donors (Lipinski definition) is 0. The second-order valence-electron chi connectivity index (χ2n) is 10.8. The van der Waals surface area contributed by atoms with Gasteiger partial charge in [0, 0.05) is 50.5 Å². The highest BCUT2D eigenvalue weighted by atomic mass is 16.2. The van der Waals surface area contributed by atoms with Gasteiger partial charge in [0.2, 0.25) is 0 Å². The summed E-state index contributed by atoms with van der Waals surface area (Å²) in [5.41, 5.74) is 6.24. The van der Waals surface area contributed by atoms with Crippen molar-refractivity contribution in [3.63, 3.8) is 0 Å². The molecule has 2 aliphatic heterocycles. The summed E-state index contributed by atoms with van der Waals surface area (Å²) in [5, 5.41) is 9.48. The number of rotatable bonds is 5. The van der Waals surface area contributed by atoms with Gasteiger partial charge in [-0.2, -0.15) is 5.26 Å². The Morgan fingerprint density at radius 2 is 1.76 bits per heavy atom. The molecule has 1 atom stereocenters. The molecule has 1 amide bonds. The smallest absolute Gasteiger partial charge is 0.254 e. The quantitative estimate of drug-likeness (QED) is 0.464. The zero-order chi connectivity index (χ0) is 26.6. The SMILES string of the molecule is Cc1cc(C)c(C(=O)N2CCN(c3ccccn3)[C@@H](C)C2)cc1CC1CCN(c2ccccc2C#N)CC1. The minimum absolute atomic E-state index is 0.138. The minimum Gasteiger partial charge on any atom is -0.370 e. The third kappa shape index (κ3) is 5.38. The number of aryl methyl sites for hydroxylation is 2. The molecule has 2 fully saturated rings. The summed E-state index contributed by atoms with van der Waals surface area (Å²) in [5.74, 6) is 1.69. The first kappa shape index (κ1) is 25.8. The van der Waals surface area contributed by atoms with Crippen LogP contribution in [0.4, 0.5) is 11.5 Å². The summed E-state index contributed by atoms with van der Waals surface area (Å²) in [6, 6.07) is 20.8. The number of amides is 1. The molecule has 2 saturated heterocycles. The number of piperidine rings is 1. The van der Waals surface area contributed by atoms with Crippen molar-refractivity contribution >= 4 is 17.4 Å². The number of carbonyl (C=O) groups excluding carboxylic acids is 1. The van der Waals surface area contributed by atoms with Gasteiger partial charge in [0.05, 0.1) is 11.3 Å². The normalized spacial score (nSPS) is 18.4. The van der Waals surface area contributed by atoms with Gasteiger partial charge in [0.1, 0.15) is 11.9 Å². The highest BCUT2D eigenvalue weighted by molar-refractivity contribution is 5.96. The Morgan fingerprint density at radius 1 is 1.00 bits per heavy atom. The molecule has 196 valence electrons. The van der Waals surface area contributed by atoms with Crippen LogP contribution in [-0.4, -0.2) is 54.6 Å². The second-order valence-corrected chi connectivity index (χ2v) is 10.8. The molecule has 3 heterocycles. The largest absolute Gasteiger partial charge is 0.370 e. The van der Waals surface area contributed by atoms with Gasteiger partial charge < -0.3 is 14.7 Å². The summed E-state index contributed by atoms with van der Waals surface area (Å²) in [6.45, 7) is 10.5. The number of nitriles is 1. The number of hydrogen-bond acceptors (Lipinski definition) is 5. The molecule has 0 radical (unpaired) electrons. The fourth-order valence-corrected chi connectivity index (χ4v) is 6.06. The van der Waals surface area contributed by atoms with E-state index in [1.165, 1.54) is 11.1 Å². The van der Waals surface area contributed by atoms with Crippen LogP contribution < -0.4 is 9.80 Å². The lowest BCUT2D eigenvalue weighted by Gasteiger charge is -2.40. The van der Waals surface area contributed by atoms with E-state index in [1.54, 1.807) is 0 Å². The molecular weight excluding hydrogens is 470 g/mol. The Morgan fingerprint density at radius 3 is 2.47 bits per heavy atom. The predicted octanol–water partition coefficient (Wildman–Crippen LogP) is 5.38. The van der Waals surface area contributed by atoms with Gasteiger partial charge >= 0.3 is 0 Å². The van der Waals surface area contributed by atoms with Crippen LogP contribution in [0.1, 0.15) is 52.4 Å². The number of para-hydroxylation sites is 1. The van der Waals surface area contributed by atoms with Gasteiger partial charge in [0.25, 0.3) is 5.91 Å². The molecule has 2 aliphatic rings. The molecule has 5 rings (SSSR count). The molecule has 0 bridgehead atoms. The molecule has 38 heavy (non-hydrogen) atoms. The van der Waals surface area contributed by atoms with Crippen LogP contribution in [0.25, 0.3) is 0 Å². The summed E-state index contributed by atoms with van der Waals surface area (Å²) in [4.78, 5) is 24.8. The van der Waals surface area contributed by atoms with E-state index in [4.69, 9.17) is 0 Å². The fraction of sp³-hybridized carbons (Fsp3) is 0.406. The molecular formula is C32H37N5O. The molecule has 0 unspecified atom stereocenters. The molecule has 6 nitrogen and oxygen atoms in total. The van der Waals surface area contributed by atoms with Gasteiger partial charge in [-0.3, -0.25) is 4.79 Å². The standard InChI is InChI=1S/C32H37N5O/c1-23-18-24(2)29(32(38)36-16-17-37(25(3)22-36)31-10-6-7-13-34-31)20-28(23)19-26-11-14-35(15-12-26)30-9-5-4-8-27(30)21-33/h4-10,13,18,20,25-26H,11-12,14-17,19,22H2,1-3H3/t25-/m0/s1. The number of piperazine rings is 1. The maximum absolute atomic E-state index is 13.7. The predicted molar refractivity (Wildman–Crippen MR) is 153 cm³/mol. The van der Waals surface area contributed by atoms with Gasteiger partial charge in [-0.25, -0.2) is 4.98 Å². The number of pyridine rings is 1. The highest BCUT2D eigenvalue weighted by Crippen LogP contribution is 2.30. The fourth-order valence-electron chi connectivity index (χ4n) is 6.06. The Kier molecular flexibility index (Phi) is 7.64. The number of carbonyl (C=O) groups is 1. The van der Waals surface area contributed by atoms with Crippen molar-refractivity contribution in [1.82, 2.24) is 9.88 Å². The lowest BCUT2D eigenvalue weighted by molar-refractivity contribution is 0.0725. The van der Waals surface area contributed by atoms with Gasteiger partial charge in [-0.15, -0.1) is 0 Å². The molecule has 2 aromatic carbocycles.